The minimum atomic E-state index is -3.35. The maximum atomic E-state index is 12.2. The van der Waals surface area contributed by atoms with Crippen LogP contribution in [0.4, 0.5) is 0 Å². The van der Waals surface area contributed by atoms with E-state index in [-0.39, 0.29) is 6.04 Å². The zero-order valence-electron chi connectivity index (χ0n) is 11.9. The molecule has 0 amide bonds. The summed E-state index contributed by atoms with van der Waals surface area (Å²) in [6, 6.07) is 3.59. The van der Waals surface area contributed by atoms with Crippen LogP contribution in [0.1, 0.15) is 38.0 Å². The van der Waals surface area contributed by atoms with E-state index in [1.807, 2.05) is 20.0 Å². The van der Waals surface area contributed by atoms with Gasteiger partial charge in [0.2, 0.25) is 10.0 Å². The van der Waals surface area contributed by atoms with Crippen molar-refractivity contribution in [1.29, 1.82) is 0 Å². The molecule has 1 rings (SSSR count). The third-order valence-electron chi connectivity index (χ3n) is 2.87. The van der Waals surface area contributed by atoms with Crippen molar-refractivity contribution in [3.63, 3.8) is 0 Å². The summed E-state index contributed by atoms with van der Waals surface area (Å²) >= 11 is 1.36. The second-order valence-electron chi connectivity index (χ2n) is 4.74. The second-order valence-corrected chi connectivity index (χ2v) is 7.85. The standard InChI is InChI=1S/C13H24N2O2S2/c1-4-5-6-11(2)15-19(16,17)13-8-7-12(18-13)9-10-14-3/h7-8,11,14-15H,4-6,9-10H2,1-3H3. The van der Waals surface area contributed by atoms with E-state index in [0.29, 0.717) is 4.21 Å². The highest BCUT2D eigenvalue weighted by atomic mass is 32.2. The Hall–Kier alpha value is -0.430. The van der Waals surface area contributed by atoms with Gasteiger partial charge in [0, 0.05) is 10.9 Å². The lowest BCUT2D eigenvalue weighted by Crippen LogP contribution is -2.32. The molecule has 4 nitrogen and oxygen atoms in total. The summed E-state index contributed by atoms with van der Waals surface area (Å²) in [6.45, 7) is 4.89. The average Bonchev–Trinajstić information content (AvgIpc) is 2.83. The first-order valence-corrected chi connectivity index (χ1v) is 9.05. The molecule has 1 unspecified atom stereocenters. The third-order valence-corrected chi connectivity index (χ3v) is 6.10. The highest BCUT2D eigenvalue weighted by Gasteiger charge is 2.19. The number of hydrogen-bond donors (Lipinski definition) is 2. The lowest BCUT2D eigenvalue weighted by atomic mass is 10.2. The first-order valence-electron chi connectivity index (χ1n) is 6.75. The van der Waals surface area contributed by atoms with Crippen molar-refractivity contribution in [1.82, 2.24) is 10.0 Å². The molecular formula is C13H24N2O2S2. The Morgan fingerprint density at radius 1 is 1.37 bits per heavy atom. The van der Waals surface area contributed by atoms with Gasteiger partial charge >= 0.3 is 0 Å². The minimum Gasteiger partial charge on any atom is -0.319 e. The molecule has 1 atom stereocenters. The fourth-order valence-electron chi connectivity index (χ4n) is 1.78. The SMILES string of the molecule is CCCCC(C)NS(=O)(=O)c1ccc(CCNC)s1. The van der Waals surface area contributed by atoms with Gasteiger partial charge in [-0.2, -0.15) is 0 Å². The predicted octanol–water partition coefficient (Wildman–Crippen LogP) is 2.37. The number of sulfonamides is 1. The Morgan fingerprint density at radius 2 is 2.11 bits per heavy atom. The smallest absolute Gasteiger partial charge is 0.250 e. The first kappa shape index (κ1) is 16.6. The van der Waals surface area contributed by atoms with Crippen molar-refractivity contribution in [2.75, 3.05) is 13.6 Å². The van der Waals surface area contributed by atoms with Gasteiger partial charge < -0.3 is 5.32 Å². The number of thiophene rings is 1. The molecule has 2 N–H and O–H groups in total. The molecule has 0 spiro atoms. The molecule has 0 aliphatic heterocycles. The number of nitrogens with one attached hydrogen (secondary N) is 2. The van der Waals surface area contributed by atoms with Crippen molar-refractivity contribution in [2.45, 2.75) is 49.8 Å². The molecule has 0 aliphatic rings. The predicted molar refractivity (Wildman–Crippen MR) is 81.3 cm³/mol. The monoisotopic (exact) mass is 304 g/mol. The summed E-state index contributed by atoms with van der Waals surface area (Å²) in [7, 11) is -1.45. The molecule has 1 heterocycles. The van der Waals surface area contributed by atoms with Crippen LogP contribution in [0, 0.1) is 0 Å². The quantitative estimate of drug-likeness (QED) is 0.736. The van der Waals surface area contributed by atoms with Crippen LogP contribution in [-0.2, 0) is 16.4 Å². The van der Waals surface area contributed by atoms with Crippen LogP contribution in [0.2, 0.25) is 0 Å². The molecule has 0 fully saturated rings. The maximum Gasteiger partial charge on any atom is 0.250 e. The van der Waals surface area contributed by atoms with Crippen LogP contribution < -0.4 is 10.0 Å². The van der Waals surface area contributed by atoms with Crippen LogP contribution in [0.3, 0.4) is 0 Å². The zero-order valence-corrected chi connectivity index (χ0v) is 13.5. The molecular weight excluding hydrogens is 280 g/mol. The molecule has 0 aromatic carbocycles. The van der Waals surface area contributed by atoms with Crippen LogP contribution in [0.15, 0.2) is 16.3 Å². The summed E-state index contributed by atoms with van der Waals surface area (Å²) in [5, 5.41) is 3.06. The summed E-state index contributed by atoms with van der Waals surface area (Å²) in [4.78, 5) is 1.09. The van der Waals surface area contributed by atoms with E-state index in [9.17, 15) is 8.42 Å². The van der Waals surface area contributed by atoms with Gasteiger partial charge in [-0.1, -0.05) is 19.8 Å². The Kier molecular flexibility index (Phi) is 6.99. The van der Waals surface area contributed by atoms with Crippen molar-refractivity contribution in [2.24, 2.45) is 0 Å². The van der Waals surface area contributed by atoms with Gasteiger partial charge in [-0.25, -0.2) is 13.1 Å². The van der Waals surface area contributed by atoms with E-state index in [0.717, 1.165) is 37.1 Å². The Balaban J connectivity index is 2.63. The van der Waals surface area contributed by atoms with Crippen LogP contribution in [-0.4, -0.2) is 28.1 Å². The average molecular weight is 304 g/mol. The molecule has 110 valence electrons. The lowest BCUT2D eigenvalue weighted by Gasteiger charge is -2.12. The van der Waals surface area contributed by atoms with Gasteiger partial charge in [0.25, 0.3) is 0 Å². The largest absolute Gasteiger partial charge is 0.319 e. The number of rotatable bonds is 9. The van der Waals surface area contributed by atoms with E-state index in [1.54, 1.807) is 6.07 Å². The van der Waals surface area contributed by atoms with Gasteiger partial charge in [-0.15, -0.1) is 11.3 Å². The fourth-order valence-corrected chi connectivity index (χ4v) is 4.43. The maximum absolute atomic E-state index is 12.2. The van der Waals surface area contributed by atoms with Crippen molar-refractivity contribution in [3.05, 3.63) is 17.0 Å². The summed E-state index contributed by atoms with van der Waals surface area (Å²) < 4.78 is 27.5. The number of unbranched alkanes of at least 4 members (excludes halogenated alkanes) is 1. The van der Waals surface area contributed by atoms with Gasteiger partial charge in [-0.05, 0) is 45.5 Å². The molecule has 0 radical (unpaired) electrons. The van der Waals surface area contributed by atoms with Gasteiger partial charge in [0.15, 0.2) is 0 Å². The van der Waals surface area contributed by atoms with Gasteiger partial charge in [0.1, 0.15) is 4.21 Å². The molecule has 0 saturated heterocycles. The fraction of sp³-hybridized carbons (Fsp3) is 0.692. The van der Waals surface area contributed by atoms with E-state index in [1.165, 1.54) is 11.3 Å². The summed E-state index contributed by atoms with van der Waals surface area (Å²) in [5.41, 5.74) is 0. The van der Waals surface area contributed by atoms with Crippen molar-refractivity contribution in [3.8, 4) is 0 Å². The molecule has 6 heteroatoms. The van der Waals surface area contributed by atoms with Crippen LogP contribution >= 0.6 is 11.3 Å². The molecule has 0 bridgehead atoms. The third kappa shape index (κ3) is 5.60. The molecule has 0 saturated carbocycles. The van der Waals surface area contributed by atoms with Crippen LogP contribution in [0.5, 0.6) is 0 Å². The van der Waals surface area contributed by atoms with Crippen LogP contribution in [0.25, 0.3) is 0 Å². The topological polar surface area (TPSA) is 58.2 Å². The highest BCUT2D eigenvalue weighted by Crippen LogP contribution is 2.22. The van der Waals surface area contributed by atoms with E-state index in [2.05, 4.69) is 17.0 Å². The minimum absolute atomic E-state index is 0.00666. The van der Waals surface area contributed by atoms with Crippen molar-refractivity contribution >= 4 is 21.4 Å². The Bertz CT molecular complexity index is 469. The van der Waals surface area contributed by atoms with Crippen molar-refractivity contribution < 1.29 is 8.42 Å². The van der Waals surface area contributed by atoms with E-state index < -0.39 is 10.0 Å². The molecule has 1 aromatic rings. The van der Waals surface area contributed by atoms with E-state index in [4.69, 9.17) is 0 Å². The van der Waals surface area contributed by atoms with Gasteiger partial charge in [-0.3, -0.25) is 0 Å². The lowest BCUT2D eigenvalue weighted by molar-refractivity contribution is 0.535. The zero-order chi connectivity index (χ0) is 14.3. The molecule has 0 aliphatic carbocycles. The normalized spacial score (nSPS) is 13.6. The second kappa shape index (κ2) is 7.99. The number of hydrogen-bond acceptors (Lipinski definition) is 4. The number of likely N-dealkylation sites (N-methyl/N-ethyl adjacent to an activating group) is 1. The molecule has 1 aromatic heterocycles. The first-order chi connectivity index (χ1) is 8.99. The van der Waals surface area contributed by atoms with Gasteiger partial charge in [0.05, 0.1) is 0 Å². The Labute approximate surface area is 120 Å². The summed E-state index contributed by atoms with van der Waals surface area (Å²) in [5.74, 6) is 0. The van der Waals surface area contributed by atoms with E-state index >= 15 is 0 Å². The highest BCUT2D eigenvalue weighted by molar-refractivity contribution is 7.91. The Morgan fingerprint density at radius 3 is 2.74 bits per heavy atom. The summed E-state index contributed by atoms with van der Waals surface area (Å²) in [6.07, 6.45) is 3.87. The molecule has 19 heavy (non-hydrogen) atoms.